The van der Waals surface area contributed by atoms with E-state index < -0.39 is 9.84 Å². The number of carbonyl (C=O) groups is 1. The fourth-order valence-electron chi connectivity index (χ4n) is 2.82. The van der Waals surface area contributed by atoms with Crippen LogP contribution in [0.25, 0.3) is 5.69 Å². The predicted molar refractivity (Wildman–Crippen MR) is 90.6 cm³/mol. The number of rotatable bonds is 5. The molecule has 7 nitrogen and oxygen atoms in total. The van der Waals surface area contributed by atoms with Crippen molar-refractivity contribution < 1.29 is 13.2 Å². The molecule has 2 N–H and O–H groups in total. The van der Waals surface area contributed by atoms with Crippen molar-refractivity contribution in [3.8, 4) is 5.69 Å². The molecule has 0 spiro atoms. The normalized spacial score (nSPS) is 19.1. The highest BCUT2D eigenvalue weighted by Crippen LogP contribution is 2.17. The summed E-state index contributed by atoms with van der Waals surface area (Å²) in [4.78, 5) is 16.0. The van der Waals surface area contributed by atoms with Crippen molar-refractivity contribution in [2.75, 3.05) is 18.1 Å². The highest BCUT2D eigenvalue weighted by Gasteiger charge is 2.27. The van der Waals surface area contributed by atoms with Gasteiger partial charge in [-0.1, -0.05) is 18.2 Å². The minimum absolute atomic E-state index is 0.0129. The summed E-state index contributed by atoms with van der Waals surface area (Å²) in [6.07, 6.45) is 5.87. The molecule has 1 aromatic heterocycles. The number of hydrogen-bond acceptors (Lipinski definition) is 4. The van der Waals surface area contributed by atoms with Gasteiger partial charge in [0.15, 0.2) is 9.84 Å². The maximum Gasteiger partial charge on any atom is 0.315 e. The number of nitrogens with one attached hydrogen (secondary N) is 2. The van der Waals surface area contributed by atoms with Crippen LogP contribution in [-0.2, 0) is 16.4 Å². The van der Waals surface area contributed by atoms with Gasteiger partial charge in [-0.05, 0) is 24.0 Å². The van der Waals surface area contributed by atoms with Crippen LogP contribution in [0.1, 0.15) is 12.0 Å². The Morgan fingerprint density at radius 1 is 1.29 bits per heavy atom. The van der Waals surface area contributed by atoms with E-state index in [1.54, 1.807) is 12.5 Å². The van der Waals surface area contributed by atoms with E-state index in [-0.39, 0.29) is 23.5 Å². The third-order valence-electron chi connectivity index (χ3n) is 4.09. The summed E-state index contributed by atoms with van der Waals surface area (Å²) < 4.78 is 24.7. The SMILES string of the molecule is O=C(NCc1ccccc1-n1ccnc1)NCC1CCS(=O)(=O)C1. The van der Waals surface area contributed by atoms with Crippen LogP contribution in [0.5, 0.6) is 0 Å². The predicted octanol–water partition coefficient (Wildman–Crippen LogP) is 1.11. The number of amides is 2. The van der Waals surface area contributed by atoms with Gasteiger partial charge in [0.1, 0.15) is 0 Å². The molecular weight excluding hydrogens is 328 g/mol. The molecule has 8 heteroatoms. The third kappa shape index (κ3) is 4.14. The van der Waals surface area contributed by atoms with Crippen molar-refractivity contribution in [2.45, 2.75) is 13.0 Å². The second kappa shape index (κ2) is 7.04. The number of para-hydroxylation sites is 1. The number of imidazole rings is 1. The Bertz CT molecular complexity index is 802. The highest BCUT2D eigenvalue weighted by atomic mass is 32.2. The summed E-state index contributed by atoms with van der Waals surface area (Å²) in [7, 11) is -2.91. The first-order valence-corrected chi connectivity index (χ1v) is 9.64. The number of hydrogen-bond donors (Lipinski definition) is 2. The monoisotopic (exact) mass is 348 g/mol. The van der Waals surface area contributed by atoms with Crippen molar-refractivity contribution in [3.05, 3.63) is 48.5 Å². The quantitative estimate of drug-likeness (QED) is 0.846. The molecule has 1 aliphatic rings. The van der Waals surface area contributed by atoms with Crippen LogP contribution in [-0.4, -0.2) is 42.1 Å². The highest BCUT2D eigenvalue weighted by molar-refractivity contribution is 7.91. The van der Waals surface area contributed by atoms with Crippen LogP contribution in [0.2, 0.25) is 0 Å². The number of urea groups is 1. The minimum Gasteiger partial charge on any atom is -0.338 e. The van der Waals surface area contributed by atoms with E-state index in [4.69, 9.17) is 0 Å². The Morgan fingerprint density at radius 2 is 2.12 bits per heavy atom. The molecule has 128 valence electrons. The lowest BCUT2D eigenvalue weighted by molar-refractivity contribution is 0.239. The summed E-state index contributed by atoms with van der Waals surface area (Å²) >= 11 is 0. The van der Waals surface area contributed by atoms with Gasteiger partial charge in [-0.3, -0.25) is 0 Å². The fraction of sp³-hybridized carbons (Fsp3) is 0.375. The van der Waals surface area contributed by atoms with Gasteiger partial charge in [-0.25, -0.2) is 18.2 Å². The average Bonchev–Trinajstić information content (AvgIpc) is 3.20. The van der Waals surface area contributed by atoms with Crippen LogP contribution in [0.3, 0.4) is 0 Å². The molecule has 1 unspecified atom stereocenters. The number of benzene rings is 1. The van der Waals surface area contributed by atoms with E-state index in [0.717, 1.165) is 11.3 Å². The van der Waals surface area contributed by atoms with Crippen molar-refractivity contribution in [3.63, 3.8) is 0 Å². The molecule has 0 bridgehead atoms. The maximum absolute atomic E-state index is 11.9. The van der Waals surface area contributed by atoms with Crippen LogP contribution in [0.4, 0.5) is 4.79 Å². The van der Waals surface area contributed by atoms with Gasteiger partial charge in [-0.2, -0.15) is 0 Å². The summed E-state index contributed by atoms with van der Waals surface area (Å²) in [5, 5.41) is 5.57. The lowest BCUT2D eigenvalue weighted by atomic mass is 10.1. The molecule has 0 aliphatic carbocycles. The molecule has 24 heavy (non-hydrogen) atoms. The molecule has 1 fully saturated rings. The number of nitrogens with zero attached hydrogens (tertiary/aromatic N) is 2. The molecule has 0 saturated carbocycles. The smallest absolute Gasteiger partial charge is 0.315 e. The van der Waals surface area contributed by atoms with E-state index in [1.807, 2.05) is 35.0 Å². The van der Waals surface area contributed by atoms with E-state index >= 15 is 0 Å². The van der Waals surface area contributed by atoms with Crippen LogP contribution < -0.4 is 10.6 Å². The topological polar surface area (TPSA) is 93.1 Å². The van der Waals surface area contributed by atoms with Crippen molar-refractivity contribution in [2.24, 2.45) is 5.92 Å². The van der Waals surface area contributed by atoms with Crippen LogP contribution in [0, 0.1) is 5.92 Å². The van der Waals surface area contributed by atoms with E-state index in [9.17, 15) is 13.2 Å². The Kier molecular flexibility index (Phi) is 4.84. The van der Waals surface area contributed by atoms with Gasteiger partial charge < -0.3 is 15.2 Å². The van der Waals surface area contributed by atoms with Crippen LogP contribution >= 0.6 is 0 Å². The summed E-state index contributed by atoms with van der Waals surface area (Å²) in [6, 6.07) is 7.46. The van der Waals surface area contributed by atoms with Gasteiger partial charge in [0.25, 0.3) is 0 Å². The average molecular weight is 348 g/mol. The molecule has 2 amide bonds. The summed E-state index contributed by atoms with van der Waals surface area (Å²) in [5.74, 6) is 0.398. The van der Waals surface area contributed by atoms with Gasteiger partial charge in [0, 0.05) is 25.5 Å². The van der Waals surface area contributed by atoms with Crippen LogP contribution in [0.15, 0.2) is 43.0 Å². The Hall–Kier alpha value is -2.35. The molecule has 2 heterocycles. The van der Waals surface area contributed by atoms with Crippen molar-refractivity contribution >= 4 is 15.9 Å². The first-order chi connectivity index (χ1) is 11.5. The third-order valence-corrected chi connectivity index (χ3v) is 5.93. The fourth-order valence-corrected chi connectivity index (χ4v) is 4.68. The summed E-state index contributed by atoms with van der Waals surface area (Å²) in [5.41, 5.74) is 1.92. The minimum atomic E-state index is -2.91. The maximum atomic E-state index is 11.9. The molecule has 1 aliphatic heterocycles. The number of sulfone groups is 1. The Labute approximate surface area is 141 Å². The first-order valence-electron chi connectivity index (χ1n) is 7.82. The molecule has 1 saturated heterocycles. The van der Waals surface area contributed by atoms with Crippen molar-refractivity contribution in [1.29, 1.82) is 0 Å². The molecular formula is C16H20N4O3S. The van der Waals surface area contributed by atoms with Crippen molar-refractivity contribution in [1.82, 2.24) is 20.2 Å². The number of aromatic nitrogens is 2. The zero-order valence-corrected chi connectivity index (χ0v) is 14.0. The Balaban J connectivity index is 1.52. The van der Waals surface area contributed by atoms with Gasteiger partial charge in [0.2, 0.25) is 0 Å². The lowest BCUT2D eigenvalue weighted by Crippen LogP contribution is -2.38. The molecule has 1 atom stereocenters. The lowest BCUT2D eigenvalue weighted by Gasteiger charge is -2.13. The second-order valence-electron chi connectivity index (χ2n) is 5.93. The molecule has 2 aromatic rings. The molecule has 0 radical (unpaired) electrons. The van der Waals surface area contributed by atoms with Gasteiger partial charge in [-0.15, -0.1) is 0 Å². The zero-order valence-electron chi connectivity index (χ0n) is 13.2. The molecule has 1 aromatic carbocycles. The largest absolute Gasteiger partial charge is 0.338 e. The second-order valence-corrected chi connectivity index (χ2v) is 8.16. The first kappa shape index (κ1) is 16.5. The van der Waals surface area contributed by atoms with E-state index in [0.29, 0.717) is 19.5 Å². The van der Waals surface area contributed by atoms with Gasteiger partial charge >= 0.3 is 6.03 Å². The number of carbonyl (C=O) groups excluding carboxylic acids is 1. The van der Waals surface area contributed by atoms with Gasteiger partial charge in [0.05, 0.1) is 23.5 Å². The zero-order chi connectivity index (χ0) is 17.0. The summed E-state index contributed by atoms with van der Waals surface area (Å²) in [6.45, 7) is 0.761. The Morgan fingerprint density at radius 3 is 2.83 bits per heavy atom. The molecule has 3 rings (SSSR count). The van der Waals surface area contributed by atoms with E-state index in [2.05, 4.69) is 15.6 Å². The van der Waals surface area contributed by atoms with E-state index in [1.165, 1.54) is 0 Å². The standard InChI is InChI=1S/C16H20N4O3S/c21-16(18-9-13-5-8-24(22,23)11-13)19-10-14-3-1-2-4-15(14)20-7-6-17-12-20/h1-4,6-7,12-13H,5,8-11H2,(H2,18,19,21).